The number of hydrogen-bond acceptors (Lipinski definition) is 3. The second-order valence-electron chi connectivity index (χ2n) is 5.58. The van der Waals surface area contributed by atoms with Crippen molar-refractivity contribution in [3.63, 3.8) is 0 Å². The first-order valence-electron chi connectivity index (χ1n) is 6.66. The lowest BCUT2D eigenvalue weighted by atomic mass is 9.94. The molecule has 0 fully saturated rings. The average molecular weight is 290 g/mol. The van der Waals surface area contributed by atoms with Gasteiger partial charge in [-0.3, -0.25) is 4.79 Å². The summed E-state index contributed by atoms with van der Waals surface area (Å²) < 4.78 is 0.800. The van der Waals surface area contributed by atoms with E-state index in [2.05, 4.69) is 33.8 Å². The van der Waals surface area contributed by atoms with E-state index < -0.39 is 5.97 Å². The van der Waals surface area contributed by atoms with Crippen molar-refractivity contribution in [2.24, 2.45) is 0 Å². The van der Waals surface area contributed by atoms with Crippen LogP contribution in [0.15, 0.2) is 23.0 Å². The lowest BCUT2D eigenvalue weighted by Crippen LogP contribution is -2.07. The van der Waals surface area contributed by atoms with Gasteiger partial charge < -0.3 is 5.11 Å². The molecule has 0 aliphatic heterocycles. The van der Waals surface area contributed by atoms with E-state index in [1.54, 1.807) is 0 Å². The second kappa shape index (κ2) is 5.37. The van der Waals surface area contributed by atoms with Crippen LogP contribution in [-0.4, -0.2) is 11.1 Å². The zero-order valence-electron chi connectivity index (χ0n) is 12.1. The van der Waals surface area contributed by atoms with Crippen LogP contribution in [0.2, 0.25) is 0 Å². The number of hydrogen-bond donors (Lipinski definition) is 1. The summed E-state index contributed by atoms with van der Waals surface area (Å²) in [5, 5.41) is 9.75. The van der Waals surface area contributed by atoms with Crippen LogP contribution in [-0.2, 0) is 0 Å². The molecule has 1 N–H and O–H groups in total. The van der Waals surface area contributed by atoms with E-state index in [0.29, 0.717) is 11.3 Å². The highest BCUT2D eigenvalue weighted by molar-refractivity contribution is 7.20. The van der Waals surface area contributed by atoms with Crippen LogP contribution in [0.25, 0.3) is 10.1 Å². The Morgan fingerprint density at radius 2 is 1.75 bits per heavy atom. The van der Waals surface area contributed by atoms with E-state index in [1.807, 2.05) is 6.07 Å². The first kappa shape index (κ1) is 14.7. The number of fused-ring (bicyclic) bond motifs is 1. The number of aromatic carboxylic acids is 1. The summed E-state index contributed by atoms with van der Waals surface area (Å²) in [7, 11) is 0. The van der Waals surface area contributed by atoms with Crippen LogP contribution in [0.4, 0.5) is 0 Å². The first-order valence-corrected chi connectivity index (χ1v) is 7.48. The molecular weight excluding hydrogens is 272 g/mol. The molecule has 0 aliphatic carbocycles. The first-order chi connectivity index (χ1) is 9.31. The Kier molecular flexibility index (Phi) is 3.95. The number of carbonyl (C=O) groups is 1. The Bertz CT molecular complexity index is 726. The molecule has 1 aromatic heterocycles. The maximum Gasteiger partial charge on any atom is 0.346 e. The fraction of sp³-hybridized carbons (Fsp3) is 0.375. The summed E-state index contributed by atoms with van der Waals surface area (Å²) in [6, 6.07) is 5.22. The molecular formula is C16H18O3S. The summed E-state index contributed by atoms with van der Waals surface area (Å²) in [5.74, 6) is -0.465. The molecule has 2 aromatic rings. The highest BCUT2D eigenvalue weighted by atomic mass is 32.1. The third kappa shape index (κ3) is 2.61. The van der Waals surface area contributed by atoms with Crippen LogP contribution >= 0.6 is 11.3 Å². The molecule has 20 heavy (non-hydrogen) atoms. The van der Waals surface area contributed by atoms with E-state index in [-0.39, 0.29) is 16.2 Å². The monoisotopic (exact) mass is 290 g/mol. The Morgan fingerprint density at radius 3 is 2.25 bits per heavy atom. The molecule has 2 rings (SSSR count). The number of benzene rings is 1. The second-order valence-corrected chi connectivity index (χ2v) is 6.63. The number of carboxylic acid groups (broad SMARTS) is 1. The normalized spacial score (nSPS) is 11.5. The summed E-state index contributed by atoms with van der Waals surface area (Å²) in [4.78, 5) is 23.4. The smallest absolute Gasteiger partial charge is 0.346 e. The lowest BCUT2D eigenvalue weighted by Gasteiger charge is -2.14. The van der Waals surface area contributed by atoms with Crippen molar-refractivity contribution >= 4 is 27.4 Å². The van der Waals surface area contributed by atoms with Gasteiger partial charge in [0.2, 0.25) is 0 Å². The minimum Gasteiger partial charge on any atom is -0.477 e. The topological polar surface area (TPSA) is 54.4 Å². The van der Waals surface area contributed by atoms with E-state index in [9.17, 15) is 9.59 Å². The minimum atomic E-state index is -1.04. The third-order valence-corrected chi connectivity index (χ3v) is 4.55. The molecule has 0 atom stereocenters. The van der Waals surface area contributed by atoms with Crippen molar-refractivity contribution in [1.82, 2.24) is 0 Å². The predicted molar refractivity (Wildman–Crippen MR) is 83.2 cm³/mol. The van der Waals surface area contributed by atoms with Gasteiger partial charge in [-0.25, -0.2) is 4.79 Å². The van der Waals surface area contributed by atoms with Gasteiger partial charge in [0.1, 0.15) is 4.88 Å². The average Bonchev–Trinajstić information content (AvgIpc) is 2.36. The van der Waals surface area contributed by atoms with Gasteiger partial charge in [0.15, 0.2) is 5.43 Å². The maximum absolute atomic E-state index is 12.2. The van der Waals surface area contributed by atoms with Crippen molar-refractivity contribution in [3.8, 4) is 0 Å². The lowest BCUT2D eigenvalue weighted by molar-refractivity contribution is 0.0702. The molecule has 106 valence electrons. The van der Waals surface area contributed by atoms with E-state index in [4.69, 9.17) is 5.11 Å². The SMILES string of the molecule is CC(C)c1cc(C(C)C)c2sc(C(=O)O)cc(=O)c2c1. The zero-order valence-corrected chi connectivity index (χ0v) is 12.9. The third-order valence-electron chi connectivity index (χ3n) is 3.38. The van der Waals surface area contributed by atoms with E-state index in [0.717, 1.165) is 15.8 Å². The van der Waals surface area contributed by atoms with Crippen molar-refractivity contribution < 1.29 is 9.90 Å². The molecule has 1 aromatic carbocycles. The summed E-state index contributed by atoms with van der Waals surface area (Å²) in [6.45, 7) is 8.29. The molecule has 3 nitrogen and oxygen atoms in total. The number of carboxylic acids is 1. The molecule has 0 amide bonds. The van der Waals surface area contributed by atoms with Gasteiger partial charge in [-0.2, -0.15) is 0 Å². The van der Waals surface area contributed by atoms with Crippen LogP contribution < -0.4 is 5.43 Å². The van der Waals surface area contributed by atoms with Gasteiger partial charge in [-0.1, -0.05) is 33.8 Å². The molecule has 0 aliphatic rings. The number of rotatable bonds is 3. The summed E-state index contributed by atoms with van der Waals surface area (Å²) in [6.07, 6.45) is 0. The standard InChI is InChI=1S/C16H18O3S/c1-8(2)10-5-11(9(3)4)15-12(6-10)13(17)7-14(20-15)16(18)19/h5-9H,1-4H3,(H,18,19). The van der Waals surface area contributed by atoms with Crippen molar-refractivity contribution in [1.29, 1.82) is 0 Å². The fourth-order valence-corrected chi connectivity index (χ4v) is 3.33. The highest BCUT2D eigenvalue weighted by Gasteiger charge is 2.15. The predicted octanol–water partition coefficient (Wildman–Crippen LogP) is 4.21. The van der Waals surface area contributed by atoms with Gasteiger partial charge >= 0.3 is 5.97 Å². The van der Waals surface area contributed by atoms with Crippen molar-refractivity contribution in [2.75, 3.05) is 0 Å². The Balaban J connectivity index is 2.90. The van der Waals surface area contributed by atoms with Gasteiger partial charge in [-0.05, 0) is 29.0 Å². The van der Waals surface area contributed by atoms with E-state index in [1.165, 1.54) is 17.4 Å². The molecule has 0 spiro atoms. The summed E-state index contributed by atoms with van der Waals surface area (Å²) >= 11 is 1.18. The van der Waals surface area contributed by atoms with Gasteiger partial charge in [-0.15, -0.1) is 11.3 Å². The largest absolute Gasteiger partial charge is 0.477 e. The molecule has 0 saturated carbocycles. The van der Waals surface area contributed by atoms with Crippen LogP contribution in [0.3, 0.4) is 0 Å². The van der Waals surface area contributed by atoms with E-state index >= 15 is 0 Å². The van der Waals surface area contributed by atoms with Crippen LogP contribution in [0, 0.1) is 0 Å². The molecule has 0 saturated heterocycles. The molecule has 1 heterocycles. The van der Waals surface area contributed by atoms with Crippen molar-refractivity contribution in [3.05, 3.63) is 44.4 Å². The Hall–Kier alpha value is -1.68. The highest BCUT2D eigenvalue weighted by Crippen LogP contribution is 2.32. The Morgan fingerprint density at radius 1 is 1.10 bits per heavy atom. The fourth-order valence-electron chi connectivity index (χ4n) is 2.18. The molecule has 4 heteroatoms. The quantitative estimate of drug-likeness (QED) is 0.921. The Labute approximate surface area is 121 Å². The molecule has 0 unspecified atom stereocenters. The van der Waals surface area contributed by atoms with Crippen LogP contribution in [0.1, 0.15) is 60.3 Å². The van der Waals surface area contributed by atoms with Gasteiger partial charge in [0.25, 0.3) is 0 Å². The summed E-state index contributed by atoms with van der Waals surface area (Å²) in [5.41, 5.74) is 1.96. The van der Waals surface area contributed by atoms with Gasteiger partial charge in [0.05, 0.1) is 0 Å². The zero-order chi connectivity index (χ0) is 15.0. The van der Waals surface area contributed by atoms with Crippen LogP contribution in [0.5, 0.6) is 0 Å². The van der Waals surface area contributed by atoms with Crippen molar-refractivity contribution in [2.45, 2.75) is 39.5 Å². The molecule has 0 radical (unpaired) electrons. The maximum atomic E-state index is 12.2. The minimum absolute atomic E-state index is 0.0988. The molecule has 0 bridgehead atoms. The van der Waals surface area contributed by atoms with Gasteiger partial charge in [0, 0.05) is 16.2 Å².